The molecule has 0 saturated carbocycles. The van der Waals surface area contributed by atoms with Gasteiger partial charge in [0.2, 0.25) is 5.91 Å². The van der Waals surface area contributed by atoms with Crippen LogP contribution in [-0.4, -0.2) is 28.2 Å². The molecule has 0 atom stereocenters. The average molecular weight is 385 g/mol. The molecule has 0 fully saturated rings. The fraction of sp³-hybridized carbons (Fsp3) is 0.105. The van der Waals surface area contributed by atoms with Gasteiger partial charge in [0, 0.05) is 16.7 Å². The molecule has 0 aliphatic carbocycles. The van der Waals surface area contributed by atoms with Crippen LogP contribution >= 0.6 is 11.6 Å². The topological polar surface area (TPSA) is 99.2 Å². The van der Waals surface area contributed by atoms with E-state index in [1.807, 2.05) is 12.1 Å². The van der Waals surface area contributed by atoms with Crippen LogP contribution in [0, 0.1) is 0 Å². The van der Waals surface area contributed by atoms with E-state index in [-0.39, 0.29) is 12.5 Å². The van der Waals surface area contributed by atoms with Gasteiger partial charge in [-0.3, -0.25) is 9.59 Å². The summed E-state index contributed by atoms with van der Waals surface area (Å²) in [4.78, 5) is 23.2. The van der Waals surface area contributed by atoms with Gasteiger partial charge in [0.05, 0.1) is 12.7 Å². The van der Waals surface area contributed by atoms with E-state index in [1.54, 1.807) is 41.2 Å². The number of carbonyl (C=O) groups excluding carboxylic acids is 2. The third kappa shape index (κ3) is 5.08. The summed E-state index contributed by atoms with van der Waals surface area (Å²) in [6, 6.07) is 15.3. The Bertz CT molecular complexity index is 936. The molecule has 3 N–H and O–H groups in total. The van der Waals surface area contributed by atoms with E-state index >= 15 is 0 Å². The Labute approximate surface area is 160 Å². The summed E-state index contributed by atoms with van der Waals surface area (Å²) in [5.41, 5.74) is 6.56. The molecular weight excluding hydrogens is 368 g/mol. The fourth-order valence-corrected chi connectivity index (χ4v) is 2.50. The normalized spacial score (nSPS) is 10.4. The van der Waals surface area contributed by atoms with Crippen LogP contribution < -0.4 is 15.8 Å². The first-order valence-electron chi connectivity index (χ1n) is 8.10. The molecule has 0 spiro atoms. The van der Waals surface area contributed by atoms with Crippen molar-refractivity contribution in [2.75, 3.05) is 11.9 Å². The molecule has 27 heavy (non-hydrogen) atoms. The molecule has 3 aromatic rings. The van der Waals surface area contributed by atoms with Crippen LogP contribution in [-0.2, 0) is 11.3 Å². The SMILES string of the molecule is NC(=O)c1ccc(OCC(=O)Nc2ccnn2Cc2ccc(Cl)cc2)cc1. The van der Waals surface area contributed by atoms with E-state index in [0.717, 1.165) is 5.56 Å². The molecule has 7 nitrogen and oxygen atoms in total. The molecule has 138 valence electrons. The van der Waals surface area contributed by atoms with E-state index in [2.05, 4.69) is 10.4 Å². The molecule has 0 bridgehead atoms. The minimum absolute atomic E-state index is 0.179. The third-order valence-corrected chi connectivity index (χ3v) is 3.99. The predicted molar refractivity (Wildman–Crippen MR) is 102 cm³/mol. The van der Waals surface area contributed by atoms with Crippen molar-refractivity contribution in [2.45, 2.75) is 6.54 Å². The van der Waals surface area contributed by atoms with Crippen LogP contribution in [0.3, 0.4) is 0 Å². The number of nitrogens with zero attached hydrogens (tertiary/aromatic N) is 2. The Hall–Kier alpha value is -3.32. The summed E-state index contributed by atoms with van der Waals surface area (Å²) >= 11 is 5.89. The zero-order valence-corrected chi connectivity index (χ0v) is 15.0. The second kappa shape index (κ2) is 8.37. The average Bonchev–Trinajstić information content (AvgIpc) is 3.09. The van der Waals surface area contributed by atoms with Crippen molar-refractivity contribution in [3.8, 4) is 5.75 Å². The maximum Gasteiger partial charge on any atom is 0.263 e. The van der Waals surface area contributed by atoms with Gasteiger partial charge in [-0.1, -0.05) is 23.7 Å². The van der Waals surface area contributed by atoms with Gasteiger partial charge >= 0.3 is 0 Å². The highest BCUT2D eigenvalue weighted by Gasteiger charge is 2.09. The molecule has 0 aliphatic rings. The van der Waals surface area contributed by atoms with Crippen LogP contribution in [0.5, 0.6) is 5.75 Å². The Morgan fingerprint density at radius 1 is 1.07 bits per heavy atom. The van der Waals surface area contributed by atoms with Crippen LogP contribution in [0.1, 0.15) is 15.9 Å². The number of nitrogens with one attached hydrogen (secondary N) is 1. The molecule has 8 heteroatoms. The second-order valence-electron chi connectivity index (χ2n) is 5.73. The molecule has 2 aromatic carbocycles. The molecule has 0 unspecified atom stereocenters. The van der Waals surface area contributed by atoms with Crippen molar-refractivity contribution in [2.24, 2.45) is 5.73 Å². The first-order valence-corrected chi connectivity index (χ1v) is 8.48. The Balaban J connectivity index is 1.56. The number of aromatic nitrogens is 2. The van der Waals surface area contributed by atoms with Crippen LogP contribution in [0.2, 0.25) is 5.02 Å². The standard InChI is InChI=1S/C19H17ClN4O3/c20-15-5-1-13(2-6-15)11-24-17(9-10-22-24)23-18(25)12-27-16-7-3-14(4-8-16)19(21)26/h1-10H,11-12H2,(H2,21,26)(H,23,25). The number of hydrogen-bond donors (Lipinski definition) is 2. The second-order valence-corrected chi connectivity index (χ2v) is 6.16. The maximum atomic E-state index is 12.1. The number of benzene rings is 2. The van der Waals surface area contributed by atoms with Gasteiger partial charge < -0.3 is 15.8 Å². The van der Waals surface area contributed by atoms with Crippen LogP contribution in [0.15, 0.2) is 60.8 Å². The third-order valence-electron chi connectivity index (χ3n) is 3.74. The number of hydrogen-bond acceptors (Lipinski definition) is 4. The van der Waals surface area contributed by atoms with Gasteiger partial charge in [0.15, 0.2) is 6.61 Å². The minimum atomic E-state index is -0.520. The first-order chi connectivity index (χ1) is 13.0. The van der Waals surface area contributed by atoms with Gasteiger partial charge in [-0.2, -0.15) is 5.10 Å². The lowest BCUT2D eigenvalue weighted by atomic mass is 10.2. The molecule has 2 amide bonds. The smallest absolute Gasteiger partial charge is 0.263 e. The Kier molecular flexibility index (Phi) is 5.73. The lowest BCUT2D eigenvalue weighted by Crippen LogP contribution is -2.22. The van der Waals surface area contributed by atoms with Crippen molar-refractivity contribution >= 4 is 29.2 Å². The Morgan fingerprint density at radius 3 is 2.44 bits per heavy atom. The quantitative estimate of drug-likeness (QED) is 0.654. The number of carbonyl (C=O) groups is 2. The van der Waals surface area contributed by atoms with Gasteiger partial charge in [-0.05, 0) is 42.0 Å². The number of amides is 2. The highest BCUT2D eigenvalue weighted by Crippen LogP contribution is 2.14. The summed E-state index contributed by atoms with van der Waals surface area (Å²) in [6.07, 6.45) is 1.61. The molecule has 3 rings (SSSR count). The predicted octanol–water partition coefficient (Wildman–Crippen LogP) is 2.70. The number of anilines is 1. The van der Waals surface area contributed by atoms with Gasteiger partial charge in [-0.15, -0.1) is 0 Å². The molecular formula is C19H17ClN4O3. The van der Waals surface area contributed by atoms with Crippen molar-refractivity contribution in [1.82, 2.24) is 9.78 Å². The highest BCUT2D eigenvalue weighted by atomic mass is 35.5. The van der Waals surface area contributed by atoms with E-state index in [4.69, 9.17) is 22.1 Å². The van der Waals surface area contributed by atoms with Gasteiger partial charge in [0.25, 0.3) is 5.91 Å². The van der Waals surface area contributed by atoms with Crippen molar-refractivity contribution in [3.05, 3.63) is 76.9 Å². The van der Waals surface area contributed by atoms with Crippen LogP contribution in [0.4, 0.5) is 5.82 Å². The van der Waals surface area contributed by atoms with Crippen molar-refractivity contribution in [1.29, 1.82) is 0 Å². The van der Waals surface area contributed by atoms with Gasteiger partial charge in [-0.25, -0.2) is 4.68 Å². The highest BCUT2D eigenvalue weighted by molar-refractivity contribution is 6.30. The lowest BCUT2D eigenvalue weighted by molar-refractivity contribution is -0.118. The number of ether oxygens (including phenoxy) is 1. The summed E-state index contributed by atoms with van der Waals surface area (Å²) in [5, 5.41) is 7.64. The van der Waals surface area contributed by atoms with Crippen molar-refractivity contribution < 1.29 is 14.3 Å². The zero-order valence-electron chi connectivity index (χ0n) is 14.3. The summed E-state index contributed by atoms with van der Waals surface area (Å²) in [7, 11) is 0. The molecule has 0 saturated heterocycles. The summed E-state index contributed by atoms with van der Waals surface area (Å²) in [5.74, 6) is 0.174. The first kappa shape index (κ1) is 18.5. The van der Waals surface area contributed by atoms with E-state index in [1.165, 1.54) is 12.1 Å². The maximum absolute atomic E-state index is 12.1. The van der Waals surface area contributed by atoms with E-state index in [0.29, 0.717) is 28.7 Å². The summed E-state index contributed by atoms with van der Waals surface area (Å²) in [6.45, 7) is 0.317. The zero-order chi connectivity index (χ0) is 19.2. The number of halogens is 1. The largest absolute Gasteiger partial charge is 0.484 e. The molecule has 1 aromatic heterocycles. The van der Waals surface area contributed by atoms with Gasteiger partial charge in [0.1, 0.15) is 11.6 Å². The van der Waals surface area contributed by atoms with E-state index in [9.17, 15) is 9.59 Å². The number of primary amides is 1. The molecule has 0 radical (unpaired) electrons. The lowest BCUT2D eigenvalue weighted by Gasteiger charge is -2.10. The minimum Gasteiger partial charge on any atom is -0.484 e. The molecule has 0 aliphatic heterocycles. The van der Waals surface area contributed by atoms with Crippen LogP contribution in [0.25, 0.3) is 0 Å². The van der Waals surface area contributed by atoms with Crippen molar-refractivity contribution in [3.63, 3.8) is 0 Å². The fourth-order valence-electron chi connectivity index (χ4n) is 2.37. The number of rotatable bonds is 7. The Morgan fingerprint density at radius 2 is 1.78 bits per heavy atom. The number of nitrogens with two attached hydrogens (primary N) is 1. The molecule has 1 heterocycles. The summed E-state index contributed by atoms with van der Waals surface area (Å²) < 4.78 is 7.08. The van der Waals surface area contributed by atoms with E-state index < -0.39 is 5.91 Å². The monoisotopic (exact) mass is 384 g/mol.